The molecule has 3 N–H and O–H groups in total. The molecule has 4 nitrogen and oxygen atoms in total. The monoisotopic (exact) mass is 344 g/mol. The molecule has 24 heavy (non-hydrogen) atoms. The molecule has 0 unspecified atom stereocenters. The minimum Gasteiger partial charge on any atom is -0.365 e. The van der Waals surface area contributed by atoms with Crippen LogP contribution in [0, 0.1) is 5.82 Å². The number of benzene rings is 1. The van der Waals surface area contributed by atoms with E-state index in [4.69, 9.17) is 5.73 Å². The Hall–Kier alpha value is -2.47. The molecule has 0 saturated carbocycles. The number of primary amides is 1. The Kier molecular flexibility index (Phi) is 4.76. The second-order valence-electron chi connectivity index (χ2n) is 5.66. The van der Waals surface area contributed by atoms with Gasteiger partial charge in [0.15, 0.2) is 0 Å². The number of aryl methyl sites for hydroxylation is 1. The number of thiophene rings is 1. The molecule has 1 aliphatic rings. The third-order valence-corrected chi connectivity index (χ3v) is 5.14. The van der Waals surface area contributed by atoms with Gasteiger partial charge in [0, 0.05) is 11.0 Å². The van der Waals surface area contributed by atoms with Crippen molar-refractivity contribution in [2.75, 3.05) is 5.32 Å². The highest BCUT2D eigenvalue weighted by molar-refractivity contribution is 7.17. The molecule has 1 aromatic carbocycles. The molecule has 0 bridgehead atoms. The van der Waals surface area contributed by atoms with E-state index in [2.05, 4.69) is 5.32 Å². The highest BCUT2D eigenvalue weighted by Crippen LogP contribution is 2.37. The van der Waals surface area contributed by atoms with Crippen molar-refractivity contribution in [2.45, 2.75) is 25.7 Å². The summed E-state index contributed by atoms with van der Waals surface area (Å²) in [6.45, 7) is 0. The molecule has 0 saturated heterocycles. The number of fused-ring (bicyclic) bond motifs is 1. The molecule has 6 heteroatoms. The molecular weight excluding hydrogens is 327 g/mol. The summed E-state index contributed by atoms with van der Waals surface area (Å²) in [5.74, 6) is -1.25. The zero-order valence-electron chi connectivity index (χ0n) is 13.0. The van der Waals surface area contributed by atoms with Crippen molar-refractivity contribution < 1.29 is 14.0 Å². The third-order valence-electron chi connectivity index (χ3n) is 3.93. The predicted octanol–water partition coefficient (Wildman–Crippen LogP) is 3.52. The summed E-state index contributed by atoms with van der Waals surface area (Å²) in [4.78, 5) is 25.0. The Labute approximate surface area is 143 Å². The summed E-state index contributed by atoms with van der Waals surface area (Å²) >= 11 is 1.42. The van der Waals surface area contributed by atoms with Gasteiger partial charge in [-0.1, -0.05) is 12.1 Å². The number of nitrogens with two attached hydrogens (primary N) is 1. The highest BCUT2D eigenvalue weighted by atomic mass is 32.1. The van der Waals surface area contributed by atoms with Gasteiger partial charge in [-0.3, -0.25) is 9.59 Å². The molecule has 1 heterocycles. The van der Waals surface area contributed by atoms with E-state index in [0.717, 1.165) is 36.1 Å². The zero-order chi connectivity index (χ0) is 17.1. The van der Waals surface area contributed by atoms with Gasteiger partial charge in [-0.2, -0.15) is 0 Å². The number of hydrogen-bond acceptors (Lipinski definition) is 3. The fourth-order valence-electron chi connectivity index (χ4n) is 2.85. The maximum Gasteiger partial charge on any atom is 0.251 e. The summed E-state index contributed by atoms with van der Waals surface area (Å²) in [5.41, 5.74) is 7.49. The van der Waals surface area contributed by atoms with Gasteiger partial charge >= 0.3 is 0 Å². The largest absolute Gasteiger partial charge is 0.365 e. The van der Waals surface area contributed by atoms with Gasteiger partial charge in [0.2, 0.25) is 5.91 Å². The van der Waals surface area contributed by atoms with Crippen LogP contribution in [0.3, 0.4) is 0 Å². The molecule has 2 amide bonds. The first-order valence-electron chi connectivity index (χ1n) is 7.73. The van der Waals surface area contributed by atoms with Crippen molar-refractivity contribution in [1.29, 1.82) is 0 Å². The summed E-state index contributed by atoms with van der Waals surface area (Å²) < 4.78 is 13.1. The lowest BCUT2D eigenvalue weighted by atomic mass is 9.95. The number of amides is 2. The summed E-state index contributed by atoms with van der Waals surface area (Å²) in [6, 6.07) is 5.95. The molecule has 0 aliphatic heterocycles. The molecule has 0 atom stereocenters. The van der Waals surface area contributed by atoms with E-state index in [1.807, 2.05) is 0 Å². The van der Waals surface area contributed by atoms with E-state index in [9.17, 15) is 14.0 Å². The molecule has 0 fully saturated rings. The van der Waals surface area contributed by atoms with Crippen LogP contribution in [0.4, 0.5) is 9.39 Å². The second-order valence-corrected chi connectivity index (χ2v) is 6.76. The summed E-state index contributed by atoms with van der Waals surface area (Å²) in [6.07, 6.45) is 6.68. The Bertz CT molecular complexity index is 826. The summed E-state index contributed by atoms with van der Waals surface area (Å²) in [5, 5.41) is 3.24. The lowest BCUT2D eigenvalue weighted by Crippen LogP contribution is -2.17. The standard InChI is InChI=1S/C18H17FN2O2S/c19-12-5-3-4-11(10-12)8-9-15(22)21-18-16(17(20)23)13-6-1-2-7-14(13)24-18/h3-5,8-10H,1-2,6-7H2,(H2,20,23)(H,21,22)/b9-8+. The maximum absolute atomic E-state index is 13.1. The van der Waals surface area contributed by atoms with Crippen molar-refractivity contribution in [1.82, 2.24) is 0 Å². The van der Waals surface area contributed by atoms with Crippen LogP contribution in [0.5, 0.6) is 0 Å². The van der Waals surface area contributed by atoms with E-state index in [1.165, 1.54) is 35.6 Å². The fourth-order valence-corrected chi connectivity index (χ4v) is 4.15. The van der Waals surface area contributed by atoms with E-state index in [0.29, 0.717) is 16.1 Å². The van der Waals surface area contributed by atoms with Crippen molar-refractivity contribution in [3.05, 3.63) is 57.7 Å². The van der Waals surface area contributed by atoms with Gasteiger partial charge in [-0.25, -0.2) is 4.39 Å². The first-order valence-corrected chi connectivity index (χ1v) is 8.55. The fraction of sp³-hybridized carbons (Fsp3) is 0.222. The number of hydrogen-bond donors (Lipinski definition) is 2. The average Bonchev–Trinajstić information content (AvgIpc) is 2.91. The number of halogens is 1. The zero-order valence-corrected chi connectivity index (χ0v) is 13.8. The van der Waals surface area contributed by atoms with Crippen LogP contribution < -0.4 is 11.1 Å². The van der Waals surface area contributed by atoms with Gasteiger partial charge in [0.25, 0.3) is 5.91 Å². The van der Waals surface area contributed by atoms with Crippen molar-refractivity contribution in [3.8, 4) is 0 Å². The SMILES string of the molecule is NC(=O)c1c(NC(=O)/C=C/c2cccc(F)c2)sc2c1CCCC2. The minimum atomic E-state index is -0.515. The Morgan fingerprint density at radius 1 is 1.25 bits per heavy atom. The number of rotatable bonds is 4. The van der Waals surface area contributed by atoms with Crippen molar-refractivity contribution >= 4 is 34.2 Å². The number of anilines is 1. The van der Waals surface area contributed by atoms with Crippen molar-refractivity contribution in [3.63, 3.8) is 0 Å². The molecular formula is C18H17FN2O2S. The van der Waals surface area contributed by atoms with E-state index in [-0.39, 0.29) is 11.7 Å². The first kappa shape index (κ1) is 16.4. The lowest BCUT2D eigenvalue weighted by Gasteiger charge is -2.11. The third kappa shape index (κ3) is 3.54. The molecule has 1 aliphatic carbocycles. The van der Waals surface area contributed by atoms with Gasteiger partial charge < -0.3 is 11.1 Å². The second kappa shape index (κ2) is 6.97. The Morgan fingerprint density at radius 2 is 2.04 bits per heavy atom. The Balaban J connectivity index is 1.79. The molecule has 0 radical (unpaired) electrons. The van der Waals surface area contributed by atoms with Crippen LogP contribution in [-0.4, -0.2) is 11.8 Å². The van der Waals surface area contributed by atoms with Crippen LogP contribution >= 0.6 is 11.3 Å². The summed E-state index contributed by atoms with van der Waals surface area (Å²) in [7, 11) is 0. The van der Waals surface area contributed by atoms with Crippen molar-refractivity contribution in [2.24, 2.45) is 5.73 Å². The molecule has 3 rings (SSSR count). The van der Waals surface area contributed by atoms with Crippen LogP contribution in [0.1, 0.15) is 39.2 Å². The molecule has 124 valence electrons. The normalized spacial score (nSPS) is 13.7. The maximum atomic E-state index is 13.1. The van der Waals surface area contributed by atoms with E-state index < -0.39 is 5.91 Å². The van der Waals surface area contributed by atoms with Gasteiger partial charge in [0.05, 0.1) is 5.56 Å². The van der Waals surface area contributed by atoms with E-state index in [1.54, 1.807) is 12.1 Å². The minimum absolute atomic E-state index is 0.362. The first-order chi connectivity index (χ1) is 11.5. The smallest absolute Gasteiger partial charge is 0.251 e. The van der Waals surface area contributed by atoms with E-state index >= 15 is 0 Å². The van der Waals surface area contributed by atoms with Crippen LogP contribution in [0.2, 0.25) is 0 Å². The Morgan fingerprint density at radius 3 is 2.79 bits per heavy atom. The van der Waals surface area contributed by atoms with Crippen LogP contribution in [0.25, 0.3) is 6.08 Å². The number of carbonyl (C=O) groups is 2. The average molecular weight is 344 g/mol. The van der Waals surface area contributed by atoms with Crippen LogP contribution in [0.15, 0.2) is 30.3 Å². The quantitative estimate of drug-likeness (QED) is 0.833. The van der Waals surface area contributed by atoms with Crippen LogP contribution in [-0.2, 0) is 17.6 Å². The van der Waals surface area contributed by atoms with Gasteiger partial charge in [-0.05, 0) is 55.0 Å². The highest BCUT2D eigenvalue weighted by Gasteiger charge is 2.24. The topological polar surface area (TPSA) is 72.2 Å². The van der Waals surface area contributed by atoms with Gasteiger partial charge in [-0.15, -0.1) is 11.3 Å². The predicted molar refractivity (Wildman–Crippen MR) is 93.5 cm³/mol. The van der Waals surface area contributed by atoms with Gasteiger partial charge in [0.1, 0.15) is 10.8 Å². The number of carbonyl (C=O) groups excluding carboxylic acids is 2. The lowest BCUT2D eigenvalue weighted by molar-refractivity contribution is -0.111. The number of nitrogens with one attached hydrogen (secondary N) is 1. The molecule has 1 aromatic heterocycles. The molecule has 0 spiro atoms. The molecule has 2 aromatic rings.